The van der Waals surface area contributed by atoms with Crippen LogP contribution in [-0.2, 0) is 96.3 Å². The van der Waals surface area contributed by atoms with Crippen LogP contribution >= 0.6 is 11.6 Å². The van der Waals surface area contributed by atoms with Crippen molar-refractivity contribution in [1.82, 2.24) is 63.8 Å². The molecular formula is C69H99ClN12O34. The van der Waals surface area contributed by atoms with Crippen LogP contribution in [0.2, 0.25) is 0 Å². The van der Waals surface area contributed by atoms with Gasteiger partial charge < -0.3 is 140 Å². The zero-order valence-corrected chi connectivity index (χ0v) is 64.9. The van der Waals surface area contributed by atoms with Gasteiger partial charge in [-0.3, -0.25) is 47.9 Å². The minimum absolute atomic E-state index is 0.00229. The SMILES string of the molecule is C/C=C1\NC(=O)[C@H]([C@H](C)O)NC(=O)[C@H](CCNC(=O)OCc2oc(=O)oc2C)NC(=O)[C@H](CCCCNC(=O)OCc2oc(=O)oc2C)NC(=O)[C@H](CC(=O)O)NC(=O)[C@@H](CCNC(=O)OCc2oc(=O)oc2C)NC(=O)[C@@H](NC(=O)C[C@H](O)CCCCCCCCCCC)COC(=O)[C@H]([C@H](O)CCl)NC(=O)[C@H]([C@H](O)C(=O)O)NC1=O. The predicted molar refractivity (Wildman–Crippen MR) is 389 cm³/mol. The van der Waals surface area contributed by atoms with E-state index >= 15 is 0 Å². The number of aliphatic hydroxyl groups is 4. The Balaban J connectivity index is 1.89. The molecule has 116 heavy (non-hydrogen) atoms. The summed E-state index contributed by atoms with van der Waals surface area (Å²) in [5, 5.41) is 90.2. The molecule has 0 bridgehead atoms. The quantitative estimate of drug-likeness (QED) is 0.00919. The first-order chi connectivity index (χ1) is 54.9. The zero-order valence-electron chi connectivity index (χ0n) is 64.2. The number of hydrogen-bond acceptors (Lipinski definition) is 32. The van der Waals surface area contributed by atoms with E-state index in [-0.39, 0.29) is 60.4 Å². The molecule has 12 atom stereocenters. The minimum Gasteiger partial charge on any atom is -0.481 e. The van der Waals surface area contributed by atoms with Crippen LogP contribution in [0.25, 0.3) is 0 Å². The number of alkyl halides is 1. The van der Waals surface area contributed by atoms with Crippen molar-refractivity contribution in [3.63, 3.8) is 0 Å². The number of aliphatic carboxylic acids is 2. The monoisotopic (exact) mass is 1670 g/mol. The Kier molecular flexibility index (Phi) is 41.6. The van der Waals surface area contributed by atoms with Gasteiger partial charge in [-0.1, -0.05) is 70.8 Å². The molecule has 0 unspecified atom stereocenters. The number of aryl methyl sites for hydroxylation is 3. The summed E-state index contributed by atoms with van der Waals surface area (Å²) in [5.41, 5.74) is -0.924. The number of esters is 1. The summed E-state index contributed by atoms with van der Waals surface area (Å²) in [6, 6.07) is -18.1. The molecule has 1 aliphatic heterocycles. The average Bonchev–Trinajstić information content (AvgIpc) is 1.05. The molecule has 18 N–H and O–H groups in total. The Labute approximate surface area is 664 Å². The molecule has 1 fully saturated rings. The Hall–Kier alpha value is -11.6. The Bertz CT molecular complexity index is 4070. The molecule has 1 aliphatic rings. The Morgan fingerprint density at radius 2 is 0.957 bits per heavy atom. The first-order valence-electron chi connectivity index (χ1n) is 36.7. The highest BCUT2D eigenvalue weighted by atomic mass is 35.5. The highest BCUT2D eigenvalue weighted by molar-refractivity contribution is 6.18. The van der Waals surface area contributed by atoms with Crippen LogP contribution in [0.3, 0.4) is 0 Å². The van der Waals surface area contributed by atoms with Crippen LogP contribution in [0.4, 0.5) is 14.4 Å². The molecule has 0 aromatic carbocycles. The number of allylic oxidation sites excluding steroid dienone is 1. The van der Waals surface area contributed by atoms with Gasteiger partial charge in [0.1, 0.15) is 54.6 Å². The number of cyclic esters (lactones) is 1. The van der Waals surface area contributed by atoms with E-state index in [4.69, 9.17) is 57.1 Å². The van der Waals surface area contributed by atoms with Crippen molar-refractivity contribution in [3.05, 3.63) is 78.2 Å². The number of carboxylic acids is 2. The van der Waals surface area contributed by atoms with Crippen LogP contribution in [0, 0.1) is 20.8 Å². The minimum atomic E-state index is -2.97. The topological polar surface area (TPSA) is 689 Å². The van der Waals surface area contributed by atoms with E-state index < -0.39 is 263 Å². The standard InChI is InChI=1S/C69H99ClN12O34/c1-7-9-10-11-12-13-14-15-16-19-37(84)26-48(86)74-43-29-107-63(100)51(44(85)28-70)81-61(97)52(53(89)62(98)99)82-54(90)38(8-2)75-60(96)50(33(3)83)80-57(93)41(22-25-73-66(103)110-32-47-36(6)113-69(106)116-47)77-55(91)39(20-17-18-23-71-64(101)108-30-45-34(4)111-67(104)114-45)76-58(94)42(27-49(87)88)79-56(92)40(78-59(43)95)21-24-72-65(102)109-31-46-35(5)112-68(105)115-46/h8,33,37,39-44,50-53,83-85,89H,7,9-32H2,1-6H3,(H,71,101)(H,72,102)(H,73,103)(H,74,86)(H,75,96)(H,76,94)(H,77,91)(H,78,95)(H,79,92)(H,80,93)(H,81,97)(H,82,90)(H,87,88)(H,98,99)/b38-8-/t33-,37+,39-,40+,41-,42-,43-,44+,50-,51-,52-,53-/m0/s1. The number of rotatable bonds is 37. The van der Waals surface area contributed by atoms with Gasteiger partial charge in [0.15, 0.2) is 66.5 Å². The number of aliphatic hydroxyl groups excluding tert-OH is 4. The molecule has 0 saturated carbocycles. The van der Waals surface area contributed by atoms with Crippen molar-refractivity contribution in [2.45, 2.75) is 243 Å². The number of halogens is 1. The number of ether oxygens (including phenoxy) is 4. The largest absolute Gasteiger partial charge is 0.519 e. The van der Waals surface area contributed by atoms with Crippen LogP contribution in [0.5, 0.6) is 0 Å². The lowest BCUT2D eigenvalue weighted by Gasteiger charge is -2.29. The molecule has 3 aromatic heterocycles. The van der Waals surface area contributed by atoms with Gasteiger partial charge in [0, 0.05) is 19.6 Å². The van der Waals surface area contributed by atoms with Gasteiger partial charge in [-0.05, 0) is 73.1 Å². The fourth-order valence-electron chi connectivity index (χ4n) is 10.8. The third-order valence-corrected chi connectivity index (χ3v) is 17.5. The number of alkyl carbamates (subject to hydrolysis) is 3. The lowest BCUT2D eigenvalue weighted by molar-refractivity contribution is -0.155. The number of nitrogens with one attached hydrogen (secondary N) is 12. The van der Waals surface area contributed by atoms with Crippen LogP contribution in [-0.4, -0.2) is 225 Å². The smallest absolute Gasteiger partial charge is 0.481 e. The van der Waals surface area contributed by atoms with E-state index in [0.717, 1.165) is 64.9 Å². The van der Waals surface area contributed by atoms with Crippen molar-refractivity contribution < 1.29 is 148 Å². The first kappa shape index (κ1) is 96.7. The molecule has 46 nitrogen and oxygen atoms in total. The van der Waals surface area contributed by atoms with E-state index in [1.807, 2.05) is 16.0 Å². The number of hydrogen-bond donors (Lipinski definition) is 18. The number of carbonyl (C=O) groups excluding carboxylic acids is 13. The molecule has 4 rings (SSSR count). The Morgan fingerprint density at radius 1 is 0.517 bits per heavy atom. The fraction of sp³-hybridized carbons (Fsp3) is 0.623. The van der Waals surface area contributed by atoms with Gasteiger partial charge >= 0.3 is 53.7 Å². The second kappa shape index (κ2) is 49.9. The van der Waals surface area contributed by atoms with E-state index in [9.17, 15) is 117 Å². The number of amides is 12. The molecule has 12 amide bonds. The normalized spacial score (nSPS) is 20.6. The van der Waals surface area contributed by atoms with E-state index in [1.54, 1.807) is 0 Å². The van der Waals surface area contributed by atoms with Crippen molar-refractivity contribution in [3.8, 4) is 0 Å². The number of carbonyl (C=O) groups is 15. The number of unbranched alkanes of at least 4 members (excludes halogenated alkanes) is 9. The van der Waals surface area contributed by atoms with Crippen LogP contribution in [0.15, 0.2) is 52.7 Å². The first-order valence-corrected chi connectivity index (χ1v) is 37.3. The van der Waals surface area contributed by atoms with Gasteiger partial charge in [-0.15, -0.1) is 11.6 Å². The lowest BCUT2D eigenvalue weighted by Crippen LogP contribution is -2.62. The molecule has 0 spiro atoms. The Morgan fingerprint density at radius 3 is 1.41 bits per heavy atom. The van der Waals surface area contributed by atoms with Crippen LogP contribution in [0.1, 0.15) is 164 Å². The molecule has 3 aromatic rings. The summed E-state index contributed by atoms with van der Waals surface area (Å²) >= 11 is 5.94. The van der Waals surface area contributed by atoms with Gasteiger partial charge in [0.05, 0.1) is 37.0 Å². The van der Waals surface area contributed by atoms with E-state index in [1.165, 1.54) is 20.8 Å². The molecular weight excluding hydrogens is 1580 g/mol. The fourth-order valence-corrected chi connectivity index (χ4v) is 10.9. The summed E-state index contributed by atoms with van der Waals surface area (Å²) in [4.78, 5) is 243. The van der Waals surface area contributed by atoms with Crippen molar-refractivity contribution in [2.24, 2.45) is 0 Å². The maximum Gasteiger partial charge on any atom is 0.519 e. The van der Waals surface area contributed by atoms with Crippen molar-refractivity contribution in [2.75, 3.05) is 32.1 Å². The molecule has 47 heteroatoms. The van der Waals surface area contributed by atoms with Crippen molar-refractivity contribution in [1.29, 1.82) is 0 Å². The van der Waals surface area contributed by atoms with Gasteiger partial charge in [-0.2, -0.15) is 0 Å². The summed E-state index contributed by atoms with van der Waals surface area (Å²) < 4.78 is 49.3. The van der Waals surface area contributed by atoms with Gasteiger partial charge in [0.25, 0.3) is 5.91 Å². The highest BCUT2D eigenvalue weighted by Gasteiger charge is 2.41. The van der Waals surface area contributed by atoms with E-state index in [0.29, 0.717) is 12.8 Å². The predicted octanol–water partition coefficient (Wildman–Crippen LogP) is -2.69. The second-order valence-electron chi connectivity index (χ2n) is 26.3. The maximum absolute atomic E-state index is 14.9. The van der Waals surface area contributed by atoms with E-state index in [2.05, 4.69) is 54.8 Å². The van der Waals surface area contributed by atoms with Crippen LogP contribution < -0.4 is 81.3 Å². The number of carboxylic acid groups (broad SMARTS) is 2. The van der Waals surface area contributed by atoms with Gasteiger partial charge in [-0.25, -0.2) is 38.4 Å². The molecule has 0 aliphatic carbocycles. The lowest BCUT2D eigenvalue weighted by atomic mass is 10.0. The second-order valence-corrected chi connectivity index (χ2v) is 26.6. The molecule has 1 saturated heterocycles. The average molecular weight is 1680 g/mol. The third-order valence-electron chi connectivity index (χ3n) is 17.2. The highest BCUT2D eigenvalue weighted by Crippen LogP contribution is 2.16. The molecule has 4 heterocycles. The summed E-state index contributed by atoms with van der Waals surface area (Å²) in [7, 11) is 0. The molecule has 646 valence electrons. The summed E-state index contributed by atoms with van der Waals surface area (Å²) in [6.45, 7) is 3.06. The zero-order chi connectivity index (χ0) is 86.3. The summed E-state index contributed by atoms with van der Waals surface area (Å²) in [6.07, 6.45) is -7.76. The molecule has 0 radical (unpaired) electrons. The van der Waals surface area contributed by atoms with Gasteiger partial charge in [0.2, 0.25) is 47.3 Å². The third kappa shape index (κ3) is 34.2. The summed E-state index contributed by atoms with van der Waals surface area (Å²) in [5.74, 6) is -24.3. The maximum atomic E-state index is 14.9. The van der Waals surface area contributed by atoms with Crippen molar-refractivity contribution >= 4 is 101 Å².